The molecule has 0 amide bonds. The zero-order valence-electron chi connectivity index (χ0n) is 9.34. The lowest BCUT2D eigenvalue weighted by atomic mass is 9.88. The van der Waals surface area contributed by atoms with E-state index in [9.17, 15) is 0 Å². The molecule has 1 saturated heterocycles. The van der Waals surface area contributed by atoms with Gasteiger partial charge in [-0.15, -0.1) is 0 Å². The molecular weight excluding hydrogens is 190 g/mol. The molecule has 1 spiro atoms. The van der Waals surface area contributed by atoms with Crippen molar-refractivity contribution in [3.05, 3.63) is 17.0 Å². The van der Waals surface area contributed by atoms with Crippen LogP contribution in [0.3, 0.4) is 0 Å². The Balaban J connectivity index is 2.06. The summed E-state index contributed by atoms with van der Waals surface area (Å²) >= 11 is 0. The van der Waals surface area contributed by atoms with Crippen molar-refractivity contribution in [3.8, 4) is 0 Å². The van der Waals surface area contributed by atoms with Crippen LogP contribution in [-0.4, -0.2) is 22.9 Å². The molecule has 2 aliphatic heterocycles. The predicted molar refractivity (Wildman–Crippen MR) is 56.5 cm³/mol. The van der Waals surface area contributed by atoms with Gasteiger partial charge in [0.1, 0.15) is 11.3 Å². The Morgan fingerprint density at radius 1 is 1.40 bits per heavy atom. The molecule has 0 aromatic carbocycles. The highest BCUT2D eigenvalue weighted by atomic mass is 16.5. The van der Waals surface area contributed by atoms with E-state index in [1.54, 1.807) is 0 Å². The molecule has 82 valence electrons. The molecule has 0 radical (unpaired) electrons. The van der Waals surface area contributed by atoms with Gasteiger partial charge in [-0.3, -0.25) is 4.68 Å². The lowest BCUT2D eigenvalue weighted by Gasteiger charge is -2.32. The maximum Gasteiger partial charge on any atom is 0.115 e. The Bertz CT molecular complexity index is 391. The first-order chi connectivity index (χ1) is 7.23. The number of hydrogen-bond acceptors (Lipinski definition) is 3. The summed E-state index contributed by atoms with van der Waals surface area (Å²) in [5, 5.41) is 8.01. The number of hydrogen-bond donors (Lipinski definition) is 1. The summed E-state index contributed by atoms with van der Waals surface area (Å²) < 4.78 is 7.99. The number of aromatic nitrogens is 2. The molecular formula is C11H17N3O. The van der Waals surface area contributed by atoms with Gasteiger partial charge in [-0.25, -0.2) is 0 Å². The maximum absolute atomic E-state index is 6.01. The Kier molecular flexibility index (Phi) is 1.91. The molecule has 0 saturated carbocycles. The quantitative estimate of drug-likeness (QED) is 0.685. The van der Waals surface area contributed by atoms with Gasteiger partial charge in [-0.1, -0.05) is 0 Å². The van der Waals surface area contributed by atoms with Gasteiger partial charge in [-0.05, 0) is 32.9 Å². The minimum atomic E-state index is -0.0768. The van der Waals surface area contributed by atoms with Crippen LogP contribution in [0.1, 0.15) is 29.8 Å². The summed E-state index contributed by atoms with van der Waals surface area (Å²) in [6, 6.07) is 0. The van der Waals surface area contributed by atoms with Crippen LogP contribution in [-0.2, 0) is 24.0 Å². The van der Waals surface area contributed by atoms with Crippen molar-refractivity contribution in [1.29, 1.82) is 0 Å². The van der Waals surface area contributed by atoms with Crippen molar-refractivity contribution < 1.29 is 4.74 Å². The maximum atomic E-state index is 6.01. The Morgan fingerprint density at radius 2 is 2.13 bits per heavy atom. The molecule has 1 aromatic rings. The van der Waals surface area contributed by atoms with E-state index in [2.05, 4.69) is 17.3 Å². The van der Waals surface area contributed by atoms with Crippen molar-refractivity contribution in [1.82, 2.24) is 15.1 Å². The number of fused-ring (bicyclic) bond motifs is 2. The molecule has 0 unspecified atom stereocenters. The van der Waals surface area contributed by atoms with Crippen molar-refractivity contribution >= 4 is 0 Å². The lowest BCUT2D eigenvalue weighted by Crippen LogP contribution is -2.40. The van der Waals surface area contributed by atoms with Gasteiger partial charge in [0.05, 0.1) is 6.61 Å². The monoisotopic (exact) mass is 207 g/mol. The minimum Gasteiger partial charge on any atom is -0.364 e. The molecule has 2 aliphatic rings. The molecule has 3 heterocycles. The zero-order chi connectivity index (χ0) is 10.5. The second-order valence-electron chi connectivity index (χ2n) is 4.57. The van der Waals surface area contributed by atoms with Crippen LogP contribution in [0.25, 0.3) is 0 Å². The van der Waals surface area contributed by atoms with Gasteiger partial charge in [0.25, 0.3) is 0 Å². The van der Waals surface area contributed by atoms with Crippen LogP contribution in [0.2, 0.25) is 0 Å². The fourth-order valence-electron chi connectivity index (χ4n) is 2.68. The summed E-state index contributed by atoms with van der Waals surface area (Å²) in [5.41, 5.74) is 3.69. The minimum absolute atomic E-state index is 0.0768. The van der Waals surface area contributed by atoms with Crippen LogP contribution < -0.4 is 5.32 Å². The first-order valence-electron chi connectivity index (χ1n) is 5.60. The van der Waals surface area contributed by atoms with E-state index in [1.807, 2.05) is 11.7 Å². The number of aryl methyl sites for hydroxylation is 1. The zero-order valence-corrected chi connectivity index (χ0v) is 9.34. The summed E-state index contributed by atoms with van der Waals surface area (Å²) in [4.78, 5) is 0. The summed E-state index contributed by atoms with van der Waals surface area (Å²) in [5.74, 6) is 0. The van der Waals surface area contributed by atoms with Gasteiger partial charge in [0.15, 0.2) is 0 Å². The second-order valence-corrected chi connectivity index (χ2v) is 4.57. The lowest BCUT2D eigenvalue weighted by molar-refractivity contribution is -0.0627. The first-order valence-corrected chi connectivity index (χ1v) is 5.60. The smallest absolute Gasteiger partial charge is 0.115 e. The molecule has 4 heteroatoms. The van der Waals surface area contributed by atoms with Gasteiger partial charge in [-0.2, -0.15) is 5.10 Å². The fourth-order valence-corrected chi connectivity index (χ4v) is 2.68. The summed E-state index contributed by atoms with van der Waals surface area (Å²) in [7, 11) is 2.02. The highest BCUT2D eigenvalue weighted by Gasteiger charge is 2.44. The van der Waals surface area contributed by atoms with E-state index in [0.717, 1.165) is 32.5 Å². The number of rotatable bonds is 0. The topological polar surface area (TPSA) is 39.1 Å². The van der Waals surface area contributed by atoms with Gasteiger partial charge in [0, 0.05) is 18.3 Å². The SMILES string of the molecule is Cc1c2c(nn1C)C1(CCNCC1)OC2. The third kappa shape index (κ3) is 1.18. The van der Waals surface area contributed by atoms with E-state index < -0.39 is 0 Å². The Hall–Kier alpha value is -0.870. The largest absolute Gasteiger partial charge is 0.364 e. The van der Waals surface area contributed by atoms with Gasteiger partial charge >= 0.3 is 0 Å². The van der Waals surface area contributed by atoms with E-state index >= 15 is 0 Å². The number of piperidine rings is 1. The van der Waals surface area contributed by atoms with Crippen molar-refractivity contribution in [2.75, 3.05) is 13.1 Å². The van der Waals surface area contributed by atoms with Crippen LogP contribution >= 0.6 is 0 Å². The molecule has 1 aromatic heterocycles. The van der Waals surface area contributed by atoms with E-state index in [1.165, 1.54) is 17.0 Å². The molecule has 1 fully saturated rings. The average molecular weight is 207 g/mol. The van der Waals surface area contributed by atoms with Crippen molar-refractivity contribution in [2.45, 2.75) is 32.0 Å². The molecule has 0 aliphatic carbocycles. The van der Waals surface area contributed by atoms with Crippen molar-refractivity contribution in [2.24, 2.45) is 7.05 Å². The molecule has 15 heavy (non-hydrogen) atoms. The number of nitrogens with zero attached hydrogens (tertiary/aromatic N) is 2. The summed E-state index contributed by atoms with van der Waals surface area (Å²) in [6.45, 7) is 4.94. The van der Waals surface area contributed by atoms with Crippen LogP contribution in [0.5, 0.6) is 0 Å². The summed E-state index contributed by atoms with van der Waals surface area (Å²) in [6.07, 6.45) is 2.10. The predicted octanol–water partition coefficient (Wildman–Crippen LogP) is 0.837. The van der Waals surface area contributed by atoms with Gasteiger partial charge < -0.3 is 10.1 Å². The van der Waals surface area contributed by atoms with Crippen LogP contribution in [0, 0.1) is 6.92 Å². The standard InChI is InChI=1S/C11H17N3O/c1-8-9-7-15-11(3-5-12-6-4-11)10(9)13-14(8)2/h12H,3-7H2,1-2H3. The highest BCUT2D eigenvalue weighted by molar-refractivity contribution is 5.33. The average Bonchev–Trinajstić information content (AvgIpc) is 2.72. The molecule has 0 bridgehead atoms. The third-order valence-corrected chi connectivity index (χ3v) is 3.79. The fraction of sp³-hybridized carbons (Fsp3) is 0.727. The molecule has 3 rings (SSSR count). The third-order valence-electron chi connectivity index (χ3n) is 3.79. The van der Waals surface area contributed by atoms with E-state index in [-0.39, 0.29) is 5.60 Å². The Morgan fingerprint density at radius 3 is 2.87 bits per heavy atom. The van der Waals surface area contributed by atoms with E-state index in [0.29, 0.717) is 0 Å². The Labute approximate surface area is 89.6 Å². The normalized spacial score (nSPS) is 23.3. The number of nitrogens with one attached hydrogen (secondary N) is 1. The van der Waals surface area contributed by atoms with Crippen LogP contribution in [0.15, 0.2) is 0 Å². The van der Waals surface area contributed by atoms with E-state index in [4.69, 9.17) is 4.74 Å². The van der Waals surface area contributed by atoms with Gasteiger partial charge in [0.2, 0.25) is 0 Å². The number of ether oxygens (including phenoxy) is 1. The van der Waals surface area contributed by atoms with Crippen molar-refractivity contribution in [3.63, 3.8) is 0 Å². The molecule has 1 N–H and O–H groups in total. The van der Waals surface area contributed by atoms with Crippen LogP contribution in [0.4, 0.5) is 0 Å². The second kappa shape index (κ2) is 3.06. The molecule has 0 atom stereocenters. The highest BCUT2D eigenvalue weighted by Crippen LogP contribution is 2.42. The molecule has 4 nitrogen and oxygen atoms in total. The first kappa shape index (κ1) is 9.36.